The van der Waals surface area contributed by atoms with Gasteiger partial charge in [0.05, 0.1) is 11.7 Å². The van der Waals surface area contributed by atoms with Crippen molar-refractivity contribution in [2.24, 2.45) is 0 Å². The van der Waals surface area contributed by atoms with E-state index in [0.717, 1.165) is 44.8 Å². The Morgan fingerprint density at radius 3 is 1.44 bits per heavy atom. The summed E-state index contributed by atoms with van der Waals surface area (Å²) in [5.41, 5.74) is 19.6. The molecule has 0 bridgehead atoms. The van der Waals surface area contributed by atoms with Gasteiger partial charge in [0, 0.05) is 33.6 Å². The van der Waals surface area contributed by atoms with Crippen molar-refractivity contribution in [2.45, 2.75) is 109 Å². The third-order valence-corrected chi connectivity index (χ3v) is 15.6. The van der Waals surface area contributed by atoms with Crippen LogP contribution in [-0.4, -0.2) is 15.5 Å². The molecule has 1 aromatic heterocycles. The van der Waals surface area contributed by atoms with Crippen LogP contribution in [0.2, 0.25) is 0 Å². The number of unbranched alkanes of at least 4 members (excludes halogenated alkanes) is 10. The predicted molar refractivity (Wildman–Crippen MR) is 303 cm³/mol. The van der Waals surface area contributed by atoms with Gasteiger partial charge < -0.3 is 4.90 Å². The highest BCUT2D eigenvalue weighted by Gasteiger charge is 2.43. The lowest BCUT2D eigenvalue weighted by molar-refractivity contribution is 0.398. The average Bonchev–Trinajstić information content (AvgIpc) is 4.01. The Hall–Kier alpha value is -6.56. The Labute approximate surface area is 422 Å². The quantitative estimate of drug-likeness (QED) is 0.0501. The molecule has 0 atom stereocenters. The van der Waals surface area contributed by atoms with Crippen LogP contribution in [0.25, 0.3) is 44.4 Å². The summed E-state index contributed by atoms with van der Waals surface area (Å²) in [6.07, 6.45) is 17.9. The number of benzene rings is 8. The molecule has 1 heterocycles. The Bertz CT molecular complexity index is 2980. The zero-order chi connectivity index (χ0) is 47.5. The normalized spacial score (nSPS) is 12.5. The van der Waals surface area contributed by atoms with Crippen molar-refractivity contribution in [3.63, 3.8) is 0 Å². The van der Waals surface area contributed by atoms with Gasteiger partial charge in [-0.2, -0.15) is 8.75 Å². The van der Waals surface area contributed by atoms with Gasteiger partial charge in [-0.1, -0.05) is 265 Å². The van der Waals surface area contributed by atoms with Crippen molar-refractivity contribution < 1.29 is 0 Å². The minimum Gasteiger partial charge on any atom is -0.311 e. The first-order chi connectivity index (χ1) is 34.7. The molecule has 70 heavy (non-hydrogen) atoms. The molecule has 9 aromatic rings. The number of fused-ring (bicyclic) bond motifs is 4. The summed E-state index contributed by atoms with van der Waals surface area (Å²) in [5.74, 6) is 0. The smallest absolute Gasteiger partial charge is 0.242 e. The van der Waals surface area contributed by atoms with Crippen LogP contribution in [0.1, 0.15) is 115 Å². The number of nitrogens with zero attached hydrogens (tertiary/aromatic N) is 3. The van der Waals surface area contributed by atoms with E-state index in [9.17, 15) is 0 Å². The van der Waals surface area contributed by atoms with Crippen molar-refractivity contribution in [1.29, 1.82) is 0 Å². The zero-order valence-corrected chi connectivity index (χ0v) is 42.0. The fourth-order valence-corrected chi connectivity index (χ4v) is 12.2. The molecule has 0 amide bonds. The van der Waals surface area contributed by atoms with E-state index < -0.39 is 0 Å². The van der Waals surface area contributed by atoms with Crippen molar-refractivity contribution >= 4 is 62.9 Å². The molecule has 1 aliphatic rings. The molecule has 5 heteroatoms. The Balaban J connectivity index is 1.13. The third-order valence-electron chi connectivity index (χ3n) is 15.1. The number of hydrogen-bond donors (Lipinski definition) is 0. The summed E-state index contributed by atoms with van der Waals surface area (Å²) in [7, 11) is 0. The van der Waals surface area contributed by atoms with Crippen LogP contribution in [0.15, 0.2) is 194 Å². The lowest BCUT2D eigenvalue weighted by Crippen LogP contribution is -2.52. The molecule has 3 nitrogen and oxygen atoms in total. The maximum absolute atomic E-state index is 5.21. The second-order valence-electron chi connectivity index (χ2n) is 19.6. The summed E-state index contributed by atoms with van der Waals surface area (Å²) in [6, 6.07) is 71.9. The number of anilines is 3. The molecule has 0 N–H and O–H groups in total. The largest absolute Gasteiger partial charge is 0.311 e. The fraction of sp³-hybridized carbons (Fsp3) is 0.262. The Morgan fingerprint density at radius 1 is 0.400 bits per heavy atom. The van der Waals surface area contributed by atoms with Gasteiger partial charge in [0.15, 0.2) is 0 Å². The second-order valence-corrected chi connectivity index (χ2v) is 20.1. The molecule has 0 unspecified atom stereocenters. The highest BCUT2D eigenvalue weighted by molar-refractivity contribution is 7.00. The first-order valence-corrected chi connectivity index (χ1v) is 27.1. The van der Waals surface area contributed by atoms with E-state index in [4.69, 9.17) is 8.75 Å². The van der Waals surface area contributed by atoms with Gasteiger partial charge >= 0.3 is 0 Å². The lowest BCUT2D eigenvalue weighted by atomic mass is 9.36. The highest BCUT2D eigenvalue weighted by atomic mass is 32.1. The monoisotopic (exact) mass is 932 g/mol. The topological polar surface area (TPSA) is 29.0 Å². The molecule has 0 aliphatic heterocycles. The maximum atomic E-state index is 5.21. The third kappa shape index (κ3) is 9.79. The first kappa shape index (κ1) is 47.1. The van der Waals surface area contributed by atoms with Crippen molar-refractivity contribution in [3.05, 3.63) is 205 Å². The van der Waals surface area contributed by atoms with Gasteiger partial charge in [-0.15, -0.1) is 0 Å². The van der Waals surface area contributed by atoms with Gasteiger partial charge in [0.25, 0.3) is 0 Å². The Morgan fingerprint density at radius 2 is 0.871 bits per heavy atom. The van der Waals surface area contributed by atoms with Crippen molar-refractivity contribution in [2.75, 3.05) is 4.90 Å². The van der Waals surface area contributed by atoms with Gasteiger partial charge in [-0.25, -0.2) is 0 Å². The zero-order valence-electron chi connectivity index (χ0n) is 41.2. The number of para-hydroxylation sites is 2. The number of aromatic nitrogens is 2. The molecule has 0 spiro atoms. The fourth-order valence-electron chi connectivity index (χ4n) is 11.6. The van der Waals surface area contributed by atoms with Gasteiger partial charge in [-0.3, -0.25) is 0 Å². The van der Waals surface area contributed by atoms with E-state index in [1.165, 1.54) is 146 Å². The minimum absolute atomic E-state index is 0.00744. The van der Waals surface area contributed by atoms with Gasteiger partial charge in [0.1, 0.15) is 11.0 Å². The molecular formula is C65H66BN3S. The molecular weight excluding hydrogens is 866 g/mol. The molecule has 10 rings (SSSR count). The molecule has 1 aliphatic carbocycles. The average molecular weight is 932 g/mol. The summed E-state index contributed by atoms with van der Waals surface area (Å²) in [6.45, 7) is 4.65. The Kier molecular flexibility index (Phi) is 15.1. The molecule has 0 fully saturated rings. The van der Waals surface area contributed by atoms with Crippen LogP contribution < -0.4 is 21.3 Å². The van der Waals surface area contributed by atoms with E-state index in [-0.39, 0.29) is 12.1 Å². The summed E-state index contributed by atoms with van der Waals surface area (Å²) < 4.78 is 10.3. The van der Waals surface area contributed by atoms with Crippen molar-refractivity contribution in [1.82, 2.24) is 8.75 Å². The van der Waals surface area contributed by atoms with Crippen LogP contribution in [-0.2, 0) is 5.41 Å². The number of rotatable bonds is 22. The van der Waals surface area contributed by atoms with E-state index in [2.05, 4.69) is 213 Å². The van der Waals surface area contributed by atoms with Crippen molar-refractivity contribution in [3.8, 4) is 33.4 Å². The molecule has 0 saturated heterocycles. The minimum atomic E-state index is -0.0573. The van der Waals surface area contributed by atoms with E-state index in [0.29, 0.717) is 0 Å². The lowest BCUT2D eigenvalue weighted by Gasteiger charge is -2.34. The van der Waals surface area contributed by atoms with Crippen LogP contribution in [0.3, 0.4) is 0 Å². The van der Waals surface area contributed by atoms with Crippen LogP contribution in [0, 0.1) is 0 Å². The molecule has 8 aromatic carbocycles. The maximum Gasteiger partial charge on any atom is 0.242 e. The van der Waals surface area contributed by atoms with Gasteiger partial charge in [0.2, 0.25) is 6.71 Å². The first-order valence-electron chi connectivity index (χ1n) is 26.3. The van der Waals surface area contributed by atoms with Gasteiger partial charge in [-0.05, 0) is 82.6 Å². The summed E-state index contributed by atoms with van der Waals surface area (Å²) in [4.78, 5) is 2.31. The van der Waals surface area contributed by atoms with Crippen LogP contribution in [0.4, 0.5) is 17.1 Å². The van der Waals surface area contributed by atoms with Crippen LogP contribution >= 0.6 is 11.7 Å². The highest BCUT2D eigenvalue weighted by Crippen LogP contribution is 2.55. The van der Waals surface area contributed by atoms with Crippen LogP contribution in [0.5, 0.6) is 0 Å². The van der Waals surface area contributed by atoms with E-state index in [1.807, 2.05) is 0 Å². The standard InChI is InChI=1S/C65H66BN3S/c1-3-5-7-9-11-27-45-65(46-28-12-10-8-6-4-2)60-38-26-25-37-56(60)58-48-62(66(50-29-17-13-18-30-50)51-31-19-14-20-32-51)59(47-61(58)65)57-44-43-55(63-64(57)68-70-67-63)49-39-41-54(42-40-49)69(52-33-21-15-22-34-52)53-35-23-16-24-36-53/h13-26,29-44,47-48H,3-12,27-28,45-46H2,1-2H3. The molecule has 350 valence electrons. The summed E-state index contributed by atoms with van der Waals surface area (Å²) in [5, 5.41) is 0. The summed E-state index contributed by atoms with van der Waals surface area (Å²) >= 11 is 1.33. The molecule has 0 radical (unpaired) electrons. The SMILES string of the molecule is CCCCCCCCC1(CCCCCCCC)c2ccccc2-c2cc(B(c3ccccc3)c3ccccc3)c(-c3ccc(-c4ccc(N(c5ccccc5)c5ccccc5)cc4)c4nsnc34)cc21. The number of hydrogen-bond acceptors (Lipinski definition) is 4. The predicted octanol–water partition coefficient (Wildman–Crippen LogP) is 16.8. The van der Waals surface area contributed by atoms with E-state index >= 15 is 0 Å². The van der Waals surface area contributed by atoms with E-state index in [1.54, 1.807) is 0 Å². The molecule has 0 saturated carbocycles. The second kappa shape index (κ2) is 22.5.